The van der Waals surface area contributed by atoms with Gasteiger partial charge >= 0.3 is 0 Å². The van der Waals surface area contributed by atoms with Crippen molar-refractivity contribution in [1.29, 1.82) is 0 Å². The molecule has 2 aromatic rings. The van der Waals surface area contributed by atoms with Crippen molar-refractivity contribution in [1.82, 2.24) is 0 Å². The maximum Gasteiger partial charge on any atom is 0.185 e. The monoisotopic (exact) mass is 478 g/mol. The fourth-order valence-corrected chi connectivity index (χ4v) is 3.90. The molecule has 138 valence electrons. The molecule has 0 aromatic heterocycles. The van der Waals surface area contributed by atoms with Crippen molar-refractivity contribution in [3.63, 3.8) is 0 Å². The van der Waals surface area contributed by atoms with Gasteiger partial charge in [0.05, 0.1) is 0 Å². The van der Waals surface area contributed by atoms with E-state index in [9.17, 15) is 4.79 Å². The molecule has 0 amide bonds. The smallest absolute Gasteiger partial charge is 0.185 e. The maximum absolute atomic E-state index is 12.2. The number of unbranched alkanes of at least 4 members (excludes halogenated alkanes) is 5. The van der Waals surface area contributed by atoms with E-state index in [4.69, 9.17) is 0 Å². The summed E-state index contributed by atoms with van der Waals surface area (Å²) < 4.78 is 1.14. The molecule has 0 spiro atoms. The first-order valence-electron chi connectivity index (χ1n) is 9.40. The Bertz CT molecular complexity index is 689. The molecule has 2 rings (SSSR count). The number of hydrogen-bond donors (Lipinski definition) is 0. The van der Waals surface area contributed by atoms with Crippen LogP contribution in [-0.2, 0) is 0 Å². The third-order valence-electron chi connectivity index (χ3n) is 4.20. The topological polar surface area (TPSA) is 17.1 Å². The quantitative estimate of drug-likeness (QED) is 0.109. The second kappa shape index (κ2) is 12.3. The molecule has 0 bridgehead atoms. The lowest BCUT2D eigenvalue weighted by Crippen LogP contribution is -1.93. The lowest BCUT2D eigenvalue weighted by molar-refractivity contribution is 0.104. The Hall–Kier alpha value is -1.07. The first-order valence-corrected chi connectivity index (χ1v) is 11.5. The van der Waals surface area contributed by atoms with Crippen molar-refractivity contribution in [3.8, 4) is 0 Å². The predicted octanol–water partition coefficient (Wildman–Crippen LogP) is 7.64. The molecular formula is C23H27IOS. The van der Waals surface area contributed by atoms with E-state index in [1.807, 2.05) is 42.1 Å². The Morgan fingerprint density at radius 1 is 0.923 bits per heavy atom. The number of hydrogen-bond acceptors (Lipinski definition) is 2. The normalized spacial score (nSPS) is 11.2. The average molecular weight is 478 g/mol. The minimum absolute atomic E-state index is 0.0444. The lowest BCUT2D eigenvalue weighted by atomic mass is 10.1. The van der Waals surface area contributed by atoms with E-state index in [1.165, 1.54) is 49.2 Å². The van der Waals surface area contributed by atoms with Gasteiger partial charge in [-0.2, -0.15) is 0 Å². The SMILES string of the molecule is CCCCCCCCSc1ccc(/C=C/C(=O)c2ccc(I)cc2)cc1. The van der Waals surface area contributed by atoms with Crippen molar-refractivity contribution >= 4 is 46.2 Å². The Balaban J connectivity index is 1.74. The Morgan fingerprint density at radius 2 is 1.58 bits per heavy atom. The van der Waals surface area contributed by atoms with Crippen LogP contribution in [0.1, 0.15) is 61.4 Å². The zero-order valence-electron chi connectivity index (χ0n) is 15.4. The lowest BCUT2D eigenvalue weighted by Gasteiger charge is -2.03. The van der Waals surface area contributed by atoms with Crippen molar-refractivity contribution < 1.29 is 4.79 Å². The number of thioether (sulfide) groups is 1. The molecule has 0 aliphatic heterocycles. The highest BCUT2D eigenvalue weighted by atomic mass is 127. The van der Waals surface area contributed by atoms with Crippen LogP contribution >= 0.6 is 34.4 Å². The van der Waals surface area contributed by atoms with Crippen molar-refractivity contribution in [3.05, 3.63) is 69.3 Å². The molecule has 0 N–H and O–H groups in total. The molecule has 0 atom stereocenters. The van der Waals surface area contributed by atoms with Crippen LogP contribution < -0.4 is 0 Å². The number of rotatable bonds is 11. The van der Waals surface area contributed by atoms with Gasteiger partial charge in [0.25, 0.3) is 0 Å². The molecule has 26 heavy (non-hydrogen) atoms. The molecule has 2 aromatic carbocycles. The number of halogens is 1. The van der Waals surface area contributed by atoms with Crippen LogP contribution in [0.15, 0.2) is 59.5 Å². The fraction of sp³-hybridized carbons (Fsp3) is 0.348. The van der Waals surface area contributed by atoms with Gasteiger partial charge in [-0.3, -0.25) is 4.79 Å². The van der Waals surface area contributed by atoms with Crippen molar-refractivity contribution in [2.24, 2.45) is 0 Å². The molecule has 0 saturated carbocycles. The van der Waals surface area contributed by atoms with E-state index in [0.29, 0.717) is 0 Å². The van der Waals surface area contributed by atoms with E-state index in [2.05, 4.69) is 53.8 Å². The minimum Gasteiger partial charge on any atom is -0.289 e. The zero-order chi connectivity index (χ0) is 18.6. The summed E-state index contributed by atoms with van der Waals surface area (Å²) in [6.45, 7) is 2.26. The third-order valence-corrected chi connectivity index (χ3v) is 6.02. The van der Waals surface area contributed by atoms with Gasteiger partial charge in [0, 0.05) is 14.0 Å². The third kappa shape index (κ3) is 8.09. The molecule has 0 radical (unpaired) electrons. The fourth-order valence-electron chi connectivity index (χ4n) is 2.63. The van der Waals surface area contributed by atoms with Gasteiger partial charge in [-0.1, -0.05) is 69.4 Å². The number of benzene rings is 2. The molecule has 0 saturated heterocycles. The second-order valence-electron chi connectivity index (χ2n) is 6.39. The van der Waals surface area contributed by atoms with Gasteiger partial charge in [0.15, 0.2) is 5.78 Å². The van der Waals surface area contributed by atoms with Crippen LogP contribution in [0.2, 0.25) is 0 Å². The van der Waals surface area contributed by atoms with Gasteiger partial charge < -0.3 is 0 Å². The molecule has 3 heteroatoms. The van der Waals surface area contributed by atoms with E-state index in [-0.39, 0.29) is 5.78 Å². The first-order chi connectivity index (χ1) is 12.7. The molecule has 0 heterocycles. The summed E-state index contributed by atoms with van der Waals surface area (Å²) in [6.07, 6.45) is 11.6. The zero-order valence-corrected chi connectivity index (χ0v) is 18.4. The van der Waals surface area contributed by atoms with Gasteiger partial charge in [-0.05, 0) is 70.7 Å². The van der Waals surface area contributed by atoms with E-state index in [1.54, 1.807) is 6.08 Å². The van der Waals surface area contributed by atoms with Crippen LogP contribution in [0.25, 0.3) is 6.08 Å². The molecule has 0 aliphatic carbocycles. The molecule has 0 fully saturated rings. The number of carbonyl (C=O) groups is 1. The summed E-state index contributed by atoms with van der Waals surface area (Å²) in [7, 11) is 0. The van der Waals surface area contributed by atoms with Crippen molar-refractivity contribution in [2.75, 3.05) is 5.75 Å². The summed E-state index contributed by atoms with van der Waals surface area (Å²) in [4.78, 5) is 13.5. The van der Waals surface area contributed by atoms with Crippen molar-refractivity contribution in [2.45, 2.75) is 50.3 Å². The Labute approximate surface area is 175 Å². The van der Waals surface area contributed by atoms with Crippen LogP contribution in [0.5, 0.6) is 0 Å². The Kier molecular flexibility index (Phi) is 10.1. The highest BCUT2D eigenvalue weighted by molar-refractivity contribution is 14.1. The van der Waals surface area contributed by atoms with E-state index < -0.39 is 0 Å². The maximum atomic E-state index is 12.2. The largest absolute Gasteiger partial charge is 0.289 e. The van der Waals surface area contributed by atoms with Gasteiger partial charge in [0.1, 0.15) is 0 Å². The molecule has 1 nitrogen and oxygen atoms in total. The summed E-state index contributed by atoms with van der Waals surface area (Å²) in [5, 5.41) is 0. The van der Waals surface area contributed by atoms with E-state index >= 15 is 0 Å². The van der Waals surface area contributed by atoms with Gasteiger partial charge in [0.2, 0.25) is 0 Å². The summed E-state index contributed by atoms with van der Waals surface area (Å²) >= 11 is 4.16. The number of allylic oxidation sites excluding steroid dienone is 1. The highest BCUT2D eigenvalue weighted by Crippen LogP contribution is 2.21. The number of carbonyl (C=O) groups excluding carboxylic acids is 1. The molecular weight excluding hydrogens is 451 g/mol. The first kappa shape index (κ1) is 21.2. The summed E-state index contributed by atoms with van der Waals surface area (Å²) in [5.74, 6) is 1.23. The predicted molar refractivity (Wildman–Crippen MR) is 123 cm³/mol. The van der Waals surface area contributed by atoms with Crippen LogP contribution in [-0.4, -0.2) is 11.5 Å². The van der Waals surface area contributed by atoms with Crippen LogP contribution in [0, 0.1) is 3.57 Å². The standard InChI is InChI=1S/C23H27IOS/c1-2-3-4-5-6-7-18-26-22-15-8-19(9-16-22)10-17-23(25)20-11-13-21(24)14-12-20/h8-17H,2-7,18H2,1H3/b17-10+. The minimum atomic E-state index is 0.0444. The van der Waals surface area contributed by atoms with Gasteiger partial charge in [-0.25, -0.2) is 0 Å². The van der Waals surface area contributed by atoms with Gasteiger partial charge in [-0.15, -0.1) is 11.8 Å². The van der Waals surface area contributed by atoms with E-state index in [0.717, 1.165) is 14.7 Å². The Morgan fingerprint density at radius 3 is 2.27 bits per heavy atom. The summed E-state index contributed by atoms with van der Waals surface area (Å²) in [6, 6.07) is 16.1. The molecule has 0 unspecified atom stereocenters. The second-order valence-corrected chi connectivity index (χ2v) is 8.80. The van der Waals surface area contributed by atoms with Crippen LogP contribution in [0.3, 0.4) is 0 Å². The average Bonchev–Trinajstić information content (AvgIpc) is 2.67. The summed E-state index contributed by atoms with van der Waals surface area (Å²) in [5.41, 5.74) is 1.79. The number of ketones is 1. The highest BCUT2D eigenvalue weighted by Gasteiger charge is 2.01. The van der Waals surface area contributed by atoms with Crippen LogP contribution in [0.4, 0.5) is 0 Å². The molecule has 0 aliphatic rings.